The van der Waals surface area contributed by atoms with Gasteiger partial charge < -0.3 is 9.90 Å². The van der Waals surface area contributed by atoms with Gasteiger partial charge in [-0.1, -0.05) is 33.3 Å². The summed E-state index contributed by atoms with van der Waals surface area (Å²) in [6.07, 6.45) is 9.52. The third-order valence-corrected chi connectivity index (χ3v) is 7.62. The van der Waals surface area contributed by atoms with Gasteiger partial charge in [0.1, 0.15) is 12.6 Å². The largest absolute Gasteiger partial charge is 0.392 e. The fourth-order valence-electron chi connectivity index (χ4n) is 6.46. The Morgan fingerprint density at radius 2 is 1.87 bits per heavy atom. The summed E-state index contributed by atoms with van der Waals surface area (Å²) in [4.78, 5) is 23.4. The standard InChI is InChI=1S/C20H30O3/c1-18(2)8-4-9-19(3)15(18)7-10-20(13-22)16(19)6-5-14(12-21)11-17(20)23/h5,12-13,15-17,23H,4,6-11H2,1-3H3/t15-,16-,17+,19-,20-/m0/s1. The summed E-state index contributed by atoms with van der Waals surface area (Å²) in [5.74, 6) is 0.721. The van der Waals surface area contributed by atoms with Crippen LogP contribution >= 0.6 is 0 Å². The summed E-state index contributed by atoms with van der Waals surface area (Å²) in [5.41, 5.74) is 0.330. The van der Waals surface area contributed by atoms with Crippen molar-refractivity contribution in [3.63, 3.8) is 0 Å². The molecule has 128 valence electrons. The summed E-state index contributed by atoms with van der Waals surface area (Å²) in [5, 5.41) is 10.8. The number of rotatable bonds is 2. The predicted octanol–water partition coefficient (Wildman–Crippen LogP) is 3.69. The van der Waals surface area contributed by atoms with E-state index in [-0.39, 0.29) is 16.7 Å². The van der Waals surface area contributed by atoms with E-state index in [9.17, 15) is 14.7 Å². The van der Waals surface area contributed by atoms with Crippen LogP contribution in [0.25, 0.3) is 0 Å². The first-order valence-corrected chi connectivity index (χ1v) is 9.09. The van der Waals surface area contributed by atoms with E-state index in [0.29, 0.717) is 17.9 Å². The van der Waals surface area contributed by atoms with Gasteiger partial charge >= 0.3 is 0 Å². The highest BCUT2D eigenvalue weighted by atomic mass is 16.3. The molecule has 2 fully saturated rings. The van der Waals surface area contributed by atoms with E-state index in [0.717, 1.165) is 38.3 Å². The van der Waals surface area contributed by atoms with Gasteiger partial charge in [0.15, 0.2) is 0 Å². The van der Waals surface area contributed by atoms with Gasteiger partial charge in [-0.2, -0.15) is 0 Å². The second-order valence-corrected chi connectivity index (χ2v) is 9.07. The van der Waals surface area contributed by atoms with Gasteiger partial charge in [-0.3, -0.25) is 4.79 Å². The molecule has 0 aromatic heterocycles. The molecule has 0 unspecified atom stereocenters. The Morgan fingerprint density at radius 3 is 2.52 bits per heavy atom. The van der Waals surface area contributed by atoms with Crippen LogP contribution in [0.3, 0.4) is 0 Å². The van der Waals surface area contributed by atoms with E-state index in [4.69, 9.17) is 0 Å². The second-order valence-electron chi connectivity index (χ2n) is 9.07. The SMILES string of the molecule is CC1(C)CCC[C@@]2(C)[C@H]1CC[C@@]1(C=O)[C@H](O)CC(C=O)=CC[C@@H]21. The van der Waals surface area contributed by atoms with E-state index >= 15 is 0 Å². The molecule has 0 saturated heterocycles. The Labute approximate surface area is 139 Å². The molecule has 0 aliphatic heterocycles. The van der Waals surface area contributed by atoms with Crippen LogP contribution in [0.4, 0.5) is 0 Å². The molecule has 23 heavy (non-hydrogen) atoms. The molecular formula is C20H30O3. The fraction of sp³-hybridized carbons (Fsp3) is 0.800. The van der Waals surface area contributed by atoms with E-state index < -0.39 is 11.5 Å². The lowest BCUT2D eigenvalue weighted by atomic mass is 9.42. The molecule has 3 nitrogen and oxygen atoms in total. The van der Waals surface area contributed by atoms with Crippen LogP contribution in [0.5, 0.6) is 0 Å². The third kappa shape index (κ3) is 2.34. The van der Waals surface area contributed by atoms with Crippen molar-refractivity contribution in [1.82, 2.24) is 0 Å². The topological polar surface area (TPSA) is 54.4 Å². The van der Waals surface area contributed by atoms with E-state index in [1.165, 1.54) is 12.8 Å². The summed E-state index contributed by atoms with van der Waals surface area (Å²) < 4.78 is 0. The first-order valence-electron chi connectivity index (χ1n) is 9.09. The van der Waals surface area contributed by atoms with Crippen molar-refractivity contribution in [2.24, 2.45) is 28.1 Å². The number of aliphatic hydroxyl groups excluding tert-OH is 1. The minimum absolute atomic E-state index is 0.0662. The molecule has 3 aliphatic carbocycles. The summed E-state index contributed by atoms with van der Waals surface area (Å²) in [6, 6.07) is 0. The quantitative estimate of drug-likeness (QED) is 0.790. The highest BCUT2D eigenvalue weighted by Gasteiger charge is 2.61. The lowest BCUT2D eigenvalue weighted by Crippen LogP contribution is -2.59. The number of aliphatic hydroxyl groups is 1. The van der Waals surface area contributed by atoms with Gasteiger partial charge in [0, 0.05) is 6.42 Å². The van der Waals surface area contributed by atoms with Gasteiger partial charge in [-0.25, -0.2) is 0 Å². The van der Waals surface area contributed by atoms with Gasteiger partial charge in [0.2, 0.25) is 0 Å². The normalized spacial score (nSPS) is 45.9. The molecule has 0 spiro atoms. The van der Waals surface area contributed by atoms with Gasteiger partial charge in [0.25, 0.3) is 0 Å². The fourth-order valence-corrected chi connectivity index (χ4v) is 6.46. The smallest absolute Gasteiger partial charge is 0.145 e. The average Bonchev–Trinajstić information content (AvgIpc) is 2.64. The molecule has 0 radical (unpaired) electrons. The van der Waals surface area contributed by atoms with Gasteiger partial charge in [-0.15, -0.1) is 0 Å². The Bertz CT molecular complexity index is 535. The minimum Gasteiger partial charge on any atom is -0.392 e. The summed E-state index contributed by atoms with van der Waals surface area (Å²) in [6.45, 7) is 7.07. The molecule has 0 aromatic carbocycles. The lowest BCUT2D eigenvalue weighted by Gasteiger charge is -2.62. The minimum atomic E-state index is -0.730. The monoisotopic (exact) mass is 318 g/mol. The zero-order chi connectivity index (χ0) is 16.9. The first kappa shape index (κ1) is 16.9. The number of fused-ring (bicyclic) bond motifs is 3. The van der Waals surface area contributed by atoms with Crippen molar-refractivity contribution < 1.29 is 14.7 Å². The molecule has 3 heteroatoms. The first-order chi connectivity index (χ1) is 10.8. The third-order valence-electron chi connectivity index (χ3n) is 7.62. The number of allylic oxidation sites excluding steroid dienone is 1. The van der Waals surface area contributed by atoms with Crippen LogP contribution in [0.1, 0.15) is 65.7 Å². The van der Waals surface area contributed by atoms with E-state index in [2.05, 4.69) is 20.8 Å². The molecule has 0 aromatic rings. The Morgan fingerprint density at radius 1 is 1.13 bits per heavy atom. The Balaban J connectivity index is 2.08. The van der Waals surface area contributed by atoms with Gasteiger partial charge in [0.05, 0.1) is 11.5 Å². The van der Waals surface area contributed by atoms with Crippen molar-refractivity contribution in [2.75, 3.05) is 0 Å². The van der Waals surface area contributed by atoms with E-state index in [1.807, 2.05) is 6.08 Å². The van der Waals surface area contributed by atoms with Crippen molar-refractivity contribution in [2.45, 2.75) is 71.8 Å². The van der Waals surface area contributed by atoms with E-state index in [1.54, 1.807) is 0 Å². The zero-order valence-electron chi connectivity index (χ0n) is 14.7. The molecular weight excluding hydrogens is 288 g/mol. The number of aldehydes is 2. The number of hydrogen-bond acceptors (Lipinski definition) is 3. The maximum absolute atomic E-state index is 12.2. The van der Waals surface area contributed by atoms with Gasteiger partial charge in [-0.05, 0) is 60.3 Å². The molecule has 3 aliphatic rings. The van der Waals surface area contributed by atoms with Crippen molar-refractivity contribution >= 4 is 12.6 Å². The molecule has 5 atom stereocenters. The van der Waals surface area contributed by atoms with Crippen LogP contribution in [-0.2, 0) is 9.59 Å². The van der Waals surface area contributed by atoms with Crippen molar-refractivity contribution in [3.05, 3.63) is 11.6 Å². The maximum atomic E-state index is 12.2. The Kier molecular flexibility index (Phi) is 4.07. The summed E-state index contributed by atoms with van der Waals surface area (Å²) >= 11 is 0. The number of carbonyl (C=O) groups is 2. The van der Waals surface area contributed by atoms with Crippen LogP contribution in [0.2, 0.25) is 0 Å². The van der Waals surface area contributed by atoms with Crippen LogP contribution in [-0.4, -0.2) is 23.8 Å². The average molecular weight is 318 g/mol. The highest BCUT2D eigenvalue weighted by molar-refractivity contribution is 5.74. The Hall–Kier alpha value is -0.960. The molecule has 2 saturated carbocycles. The summed E-state index contributed by atoms with van der Waals surface area (Å²) in [7, 11) is 0. The zero-order valence-corrected chi connectivity index (χ0v) is 14.7. The van der Waals surface area contributed by atoms with Crippen LogP contribution in [0.15, 0.2) is 11.6 Å². The molecule has 3 rings (SSSR count). The molecule has 0 amide bonds. The number of hydrogen-bond donors (Lipinski definition) is 1. The lowest BCUT2D eigenvalue weighted by molar-refractivity contribution is -0.170. The highest BCUT2D eigenvalue weighted by Crippen LogP contribution is 2.66. The second kappa shape index (κ2) is 5.54. The maximum Gasteiger partial charge on any atom is 0.145 e. The molecule has 0 heterocycles. The van der Waals surface area contributed by atoms with Crippen molar-refractivity contribution in [3.8, 4) is 0 Å². The molecule has 1 N–H and O–H groups in total. The van der Waals surface area contributed by atoms with Crippen LogP contribution in [0, 0.1) is 28.1 Å². The predicted molar refractivity (Wildman–Crippen MR) is 89.8 cm³/mol. The van der Waals surface area contributed by atoms with Crippen LogP contribution < -0.4 is 0 Å². The number of carbonyl (C=O) groups excluding carboxylic acids is 2. The van der Waals surface area contributed by atoms with Crippen molar-refractivity contribution in [1.29, 1.82) is 0 Å². The molecule has 0 bridgehead atoms.